The molecule has 2 aromatic rings. The first-order valence-corrected chi connectivity index (χ1v) is 6.98. The molecule has 0 heterocycles. The lowest BCUT2D eigenvalue weighted by Gasteiger charge is -2.11. The van der Waals surface area contributed by atoms with Gasteiger partial charge in [-0.2, -0.15) is 0 Å². The third kappa shape index (κ3) is 1.48. The molecule has 3 heteroatoms. The minimum atomic E-state index is -0.160. The Labute approximate surface area is 124 Å². The van der Waals surface area contributed by atoms with Gasteiger partial charge in [0.2, 0.25) is 5.78 Å². The van der Waals surface area contributed by atoms with Crippen molar-refractivity contribution in [3.05, 3.63) is 79.5 Å². The van der Waals surface area contributed by atoms with E-state index in [0.717, 1.165) is 26.4 Å². The molecule has 0 N–H and O–H groups in total. The predicted molar refractivity (Wildman–Crippen MR) is 80.9 cm³/mol. The van der Waals surface area contributed by atoms with E-state index in [1.807, 2.05) is 36.4 Å². The van der Waals surface area contributed by atoms with E-state index in [9.17, 15) is 4.79 Å². The summed E-state index contributed by atoms with van der Waals surface area (Å²) in [5, 5.41) is 4.75. The number of benzene rings is 2. The Morgan fingerprint density at radius 2 is 1.55 bits per heavy atom. The SMILES string of the molecule is O=C1C(Cl)=CC(Cl)=c2ccc3c(c21)C=c1ccccc1=3. The van der Waals surface area contributed by atoms with Gasteiger partial charge in [0, 0.05) is 10.8 Å². The second-order valence-electron chi connectivity index (χ2n) is 4.85. The fourth-order valence-electron chi connectivity index (χ4n) is 2.85. The number of hydrogen-bond donors (Lipinski definition) is 0. The van der Waals surface area contributed by atoms with Crippen LogP contribution in [0.15, 0.2) is 47.5 Å². The van der Waals surface area contributed by atoms with Crippen LogP contribution in [0.5, 0.6) is 0 Å². The summed E-state index contributed by atoms with van der Waals surface area (Å²) in [6, 6.07) is 12.0. The summed E-state index contributed by atoms with van der Waals surface area (Å²) >= 11 is 12.2. The smallest absolute Gasteiger partial charge is 0.205 e. The van der Waals surface area contributed by atoms with Crippen LogP contribution in [0.25, 0.3) is 11.1 Å². The zero-order valence-corrected chi connectivity index (χ0v) is 11.8. The molecule has 2 aliphatic rings. The normalized spacial score (nSPS) is 15.2. The van der Waals surface area contributed by atoms with Gasteiger partial charge in [-0.3, -0.25) is 4.79 Å². The number of carbonyl (C=O) groups excluding carboxylic acids is 1. The maximum atomic E-state index is 12.4. The van der Waals surface area contributed by atoms with E-state index in [1.54, 1.807) is 0 Å². The number of fused-ring (bicyclic) bond motifs is 4. The number of ketones is 1. The highest BCUT2D eigenvalue weighted by Crippen LogP contribution is 2.24. The van der Waals surface area contributed by atoms with E-state index in [4.69, 9.17) is 23.2 Å². The molecule has 4 rings (SSSR count). The third-order valence-corrected chi connectivity index (χ3v) is 4.34. The van der Waals surface area contributed by atoms with Crippen molar-refractivity contribution >= 4 is 40.1 Å². The monoisotopic (exact) mass is 298 g/mol. The van der Waals surface area contributed by atoms with Gasteiger partial charge in [0.25, 0.3) is 0 Å². The summed E-state index contributed by atoms with van der Waals surface area (Å²) < 4.78 is 0. The van der Waals surface area contributed by atoms with E-state index < -0.39 is 0 Å². The van der Waals surface area contributed by atoms with Crippen LogP contribution < -0.4 is 10.4 Å². The summed E-state index contributed by atoms with van der Waals surface area (Å²) in [6.45, 7) is 0. The third-order valence-electron chi connectivity index (χ3n) is 3.75. The van der Waals surface area contributed by atoms with E-state index in [-0.39, 0.29) is 10.8 Å². The molecule has 2 aromatic carbocycles. The summed E-state index contributed by atoms with van der Waals surface area (Å²) in [7, 11) is 0. The van der Waals surface area contributed by atoms with Gasteiger partial charge >= 0.3 is 0 Å². The minimum Gasteiger partial charge on any atom is -0.288 e. The van der Waals surface area contributed by atoms with Gasteiger partial charge in [-0.15, -0.1) is 0 Å². The van der Waals surface area contributed by atoms with Crippen molar-refractivity contribution in [3.8, 4) is 0 Å². The average Bonchev–Trinajstić information content (AvgIpc) is 2.82. The van der Waals surface area contributed by atoms with E-state index in [2.05, 4.69) is 6.07 Å². The Morgan fingerprint density at radius 1 is 0.800 bits per heavy atom. The molecule has 0 aliphatic heterocycles. The van der Waals surface area contributed by atoms with Crippen molar-refractivity contribution < 1.29 is 4.79 Å². The Hall–Kier alpha value is -1.83. The Kier molecular flexibility index (Phi) is 2.44. The van der Waals surface area contributed by atoms with Crippen LogP contribution in [0.1, 0.15) is 15.9 Å². The average molecular weight is 299 g/mol. The molecule has 1 nitrogen and oxygen atoms in total. The van der Waals surface area contributed by atoms with Gasteiger partial charge in [0.05, 0.1) is 10.1 Å². The molecule has 0 fully saturated rings. The Balaban J connectivity index is 2.27. The Bertz CT molecular complexity index is 1030. The molecule has 0 aromatic heterocycles. The molecule has 2 aliphatic carbocycles. The zero-order valence-electron chi connectivity index (χ0n) is 10.3. The van der Waals surface area contributed by atoms with Crippen molar-refractivity contribution in [2.75, 3.05) is 0 Å². The maximum Gasteiger partial charge on any atom is 0.205 e. The van der Waals surface area contributed by atoms with Crippen LogP contribution in [0, 0.1) is 10.4 Å². The van der Waals surface area contributed by atoms with Crippen molar-refractivity contribution in [2.24, 2.45) is 0 Å². The maximum absolute atomic E-state index is 12.4. The molecule has 0 saturated heterocycles. The molecule has 0 bridgehead atoms. The molecular weight excluding hydrogens is 291 g/mol. The highest BCUT2D eigenvalue weighted by molar-refractivity contribution is 6.53. The highest BCUT2D eigenvalue weighted by atomic mass is 35.5. The molecule has 0 spiro atoms. The number of Topliss-reactive ketones (excluding diaryl/α,β-unsaturated/α-hetero) is 1. The van der Waals surface area contributed by atoms with E-state index >= 15 is 0 Å². The molecule has 0 saturated carbocycles. The second kappa shape index (κ2) is 4.08. The van der Waals surface area contributed by atoms with Crippen LogP contribution in [0.3, 0.4) is 0 Å². The van der Waals surface area contributed by atoms with Crippen LogP contribution in [-0.4, -0.2) is 5.78 Å². The van der Waals surface area contributed by atoms with Crippen LogP contribution in [-0.2, 0) is 0 Å². The van der Waals surface area contributed by atoms with E-state index in [1.165, 1.54) is 6.08 Å². The molecule has 0 amide bonds. The quantitative estimate of drug-likeness (QED) is 0.624. The predicted octanol–water partition coefficient (Wildman–Crippen LogP) is 2.78. The molecule has 0 radical (unpaired) electrons. The fourth-order valence-corrected chi connectivity index (χ4v) is 3.37. The number of carbonyl (C=O) groups is 1. The summed E-state index contributed by atoms with van der Waals surface area (Å²) in [6.07, 6.45) is 3.54. The van der Waals surface area contributed by atoms with Gasteiger partial charge in [-0.25, -0.2) is 0 Å². The topological polar surface area (TPSA) is 17.1 Å². The number of halogens is 2. The molecule has 20 heavy (non-hydrogen) atoms. The van der Waals surface area contributed by atoms with Crippen LogP contribution >= 0.6 is 23.2 Å². The molecule has 0 unspecified atom stereocenters. The summed E-state index contributed by atoms with van der Waals surface area (Å²) in [5.41, 5.74) is 1.52. The van der Waals surface area contributed by atoms with Crippen molar-refractivity contribution in [1.29, 1.82) is 0 Å². The standard InChI is InChI=1S/C17H8Cl2O/c18-14-8-15(19)17(20)16-12(14)6-5-11-10-4-2-1-3-9(10)7-13(11)16/h1-8H. The van der Waals surface area contributed by atoms with Crippen molar-refractivity contribution in [3.63, 3.8) is 0 Å². The lowest BCUT2D eigenvalue weighted by Crippen LogP contribution is -2.22. The lowest BCUT2D eigenvalue weighted by atomic mass is 9.96. The number of hydrogen-bond acceptors (Lipinski definition) is 1. The first-order valence-electron chi connectivity index (χ1n) is 6.22. The number of rotatable bonds is 0. The minimum absolute atomic E-state index is 0.160. The largest absolute Gasteiger partial charge is 0.288 e. The van der Waals surface area contributed by atoms with Crippen molar-refractivity contribution in [2.45, 2.75) is 0 Å². The zero-order chi connectivity index (χ0) is 13.9. The number of allylic oxidation sites excluding steroid dienone is 2. The van der Waals surface area contributed by atoms with Crippen LogP contribution in [0.4, 0.5) is 0 Å². The van der Waals surface area contributed by atoms with Gasteiger partial charge in [-0.05, 0) is 33.4 Å². The van der Waals surface area contributed by atoms with E-state index in [0.29, 0.717) is 10.6 Å². The van der Waals surface area contributed by atoms with Gasteiger partial charge < -0.3 is 0 Å². The van der Waals surface area contributed by atoms with Gasteiger partial charge in [-0.1, -0.05) is 59.6 Å². The summed E-state index contributed by atoms with van der Waals surface area (Å²) in [5.74, 6) is -0.160. The first kappa shape index (κ1) is 12.0. The summed E-state index contributed by atoms with van der Waals surface area (Å²) in [4.78, 5) is 12.4. The molecular formula is C17H8Cl2O. The van der Waals surface area contributed by atoms with Gasteiger partial charge in [0.1, 0.15) is 0 Å². The van der Waals surface area contributed by atoms with Crippen molar-refractivity contribution in [1.82, 2.24) is 0 Å². The lowest BCUT2D eigenvalue weighted by molar-refractivity contribution is 0.104. The highest BCUT2D eigenvalue weighted by Gasteiger charge is 2.22. The molecule has 96 valence electrons. The Morgan fingerprint density at radius 3 is 2.40 bits per heavy atom. The van der Waals surface area contributed by atoms with Crippen LogP contribution in [0.2, 0.25) is 0 Å². The molecule has 0 atom stereocenters. The first-order chi connectivity index (χ1) is 9.66. The fraction of sp³-hybridized carbons (Fsp3) is 0. The van der Waals surface area contributed by atoms with Gasteiger partial charge in [0.15, 0.2) is 0 Å². The second-order valence-corrected chi connectivity index (χ2v) is 5.66.